The van der Waals surface area contributed by atoms with E-state index < -0.39 is 12.0 Å². The van der Waals surface area contributed by atoms with E-state index in [4.69, 9.17) is 5.11 Å². The number of amides is 1. The molecule has 0 aromatic heterocycles. The molecule has 1 fully saturated rings. The van der Waals surface area contributed by atoms with Crippen molar-refractivity contribution in [1.82, 2.24) is 10.6 Å². The minimum Gasteiger partial charge on any atom is -0.480 e. The summed E-state index contributed by atoms with van der Waals surface area (Å²) in [5.41, 5.74) is 0. The average molecular weight is 228 g/mol. The zero-order valence-corrected chi connectivity index (χ0v) is 9.99. The quantitative estimate of drug-likeness (QED) is 0.636. The molecule has 1 aliphatic rings. The van der Waals surface area contributed by atoms with Crippen LogP contribution in [-0.2, 0) is 9.59 Å². The van der Waals surface area contributed by atoms with Gasteiger partial charge in [-0.05, 0) is 18.4 Å². The third-order valence-corrected chi connectivity index (χ3v) is 3.08. The normalized spacial score (nSPS) is 26.8. The van der Waals surface area contributed by atoms with E-state index in [-0.39, 0.29) is 23.7 Å². The largest absolute Gasteiger partial charge is 0.480 e. The summed E-state index contributed by atoms with van der Waals surface area (Å²) < 4.78 is 0. The topological polar surface area (TPSA) is 78.4 Å². The highest BCUT2D eigenvalue weighted by molar-refractivity contribution is 5.85. The maximum absolute atomic E-state index is 11.9. The van der Waals surface area contributed by atoms with Crippen molar-refractivity contribution in [3.63, 3.8) is 0 Å². The lowest BCUT2D eigenvalue weighted by atomic mass is 9.96. The lowest BCUT2D eigenvalue weighted by Crippen LogP contribution is -2.47. The number of carbonyl (C=O) groups excluding carboxylic acids is 1. The molecule has 1 amide bonds. The van der Waals surface area contributed by atoms with Gasteiger partial charge in [-0.3, -0.25) is 4.79 Å². The number of hydrogen-bond donors (Lipinski definition) is 3. The van der Waals surface area contributed by atoms with Crippen LogP contribution in [0.3, 0.4) is 0 Å². The Hall–Kier alpha value is -1.10. The smallest absolute Gasteiger partial charge is 0.326 e. The first-order valence-corrected chi connectivity index (χ1v) is 5.67. The van der Waals surface area contributed by atoms with E-state index in [0.29, 0.717) is 6.54 Å². The van der Waals surface area contributed by atoms with Gasteiger partial charge < -0.3 is 15.7 Å². The van der Waals surface area contributed by atoms with Crippen LogP contribution in [0.4, 0.5) is 0 Å². The molecule has 3 N–H and O–H groups in total. The summed E-state index contributed by atoms with van der Waals surface area (Å²) >= 11 is 0. The van der Waals surface area contributed by atoms with E-state index in [1.807, 2.05) is 6.92 Å². The van der Waals surface area contributed by atoms with E-state index in [9.17, 15) is 9.59 Å². The Kier molecular flexibility index (Phi) is 4.29. The molecule has 0 aromatic rings. The van der Waals surface area contributed by atoms with Gasteiger partial charge in [0.25, 0.3) is 0 Å². The van der Waals surface area contributed by atoms with Crippen LogP contribution in [0.2, 0.25) is 0 Å². The fourth-order valence-corrected chi connectivity index (χ4v) is 1.93. The van der Waals surface area contributed by atoms with Gasteiger partial charge in [0.2, 0.25) is 5.91 Å². The van der Waals surface area contributed by atoms with Crippen molar-refractivity contribution in [1.29, 1.82) is 0 Å². The molecular formula is C11H20N2O3. The molecule has 0 saturated carbocycles. The van der Waals surface area contributed by atoms with Crippen molar-refractivity contribution >= 4 is 11.9 Å². The Labute approximate surface area is 95.6 Å². The summed E-state index contributed by atoms with van der Waals surface area (Å²) in [5.74, 6) is -1.08. The molecule has 3 atom stereocenters. The molecule has 16 heavy (non-hydrogen) atoms. The lowest BCUT2D eigenvalue weighted by Gasteiger charge is -2.21. The van der Waals surface area contributed by atoms with E-state index in [2.05, 4.69) is 10.6 Å². The maximum Gasteiger partial charge on any atom is 0.326 e. The summed E-state index contributed by atoms with van der Waals surface area (Å²) in [7, 11) is 0. The third-order valence-electron chi connectivity index (χ3n) is 3.08. The summed E-state index contributed by atoms with van der Waals surface area (Å²) in [6.07, 6.45) is 0. The first kappa shape index (κ1) is 13.0. The van der Waals surface area contributed by atoms with Crippen LogP contribution in [0.15, 0.2) is 0 Å². The molecule has 0 unspecified atom stereocenters. The Bertz CT molecular complexity index is 278. The van der Waals surface area contributed by atoms with Gasteiger partial charge in [-0.25, -0.2) is 4.79 Å². The number of nitrogens with one attached hydrogen (secondary N) is 2. The van der Waals surface area contributed by atoms with Crippen LogP contribution in [0.1, 0.15) is 20.8 Å². The van der Waals surface area contributed by atoms with E-state index >= 15 is 0 Å². The highest BCUT2D eigenvalue weighted by atomic mass is 16.4. The molecule has 1 aliphatic heterocycles. The van der Waals surface area contributed by atoms with Gasteiger partial charge in [0.1, 0.15) is 6.04 Å². The standard InChI is InChI=1S/C11H20N2O3/c1-6(2)9(11(15)16)13-10(14)8-5-12-4-7(8)3/h6-9,12H,4-5H2,1-3H3,(H,13,14)(H,15,16)/t7-,8-,9-/m1/s1. The van der Waals surface area contributed by atoms with Crippen molar-refractivity contribution in [2.45, 2.75) is 26.8 Å². The second-order valence-corrected chi connectivity index (χ2v) is 4.81. The first-order valence-electron chi connectivity index (χ1n) is 5.67. The van der Waals surface area contributed by atoms with E-state index in [1.54, 1.807) is 13.8 Å². The second-order valence-electron chi connectivity index (χ2n) is 4.81. The number of carbonyl (C=O) groups is 2. The van der Waals surface area contributed by atoms with Crippen molar-refractivity contribution < 1.29 is 14.7 Å². The average Bonchev–Trinajstić information content (AvgIpc) is 2.59. The lowest BCUT2D eigenvalue weighted by molar-refractivity contribution is -0.143. The Morgan fingerprint density at radius 3 is 2.38 bits per heavy atom. The summed E-state index contributed by atoms with van der Waals surface area (Å²) in [6.45, 7) is 7.02. The number of carboxylic acids is 1. The molecule has 1 heterocycles. The predicted octanol–water partition coefficient (Wildman–Crippen LogP) is 0.0673. The maximum atomic E-state index is 11.9. The summed E-state index contributed by atoms with van der Waals surface area (Å²) in [4.78, 5) is 22.8. The van der Waals surface area contributed by atoms with Gasteiger partial charge in [-0.1, -0.05) is 20.8 Å². The van der Waals surface area contributed by atoms with Gasteiger partial charge in [-0.2, -0.15) is 0 Å². The molecule has 0 radical (unpaired) electrons. The molecular weight excluding hydrogens is 208 g/mol. The molecule has 5 heteroatoms. The number of hydrogen-bond acceptors (Lipinski definition) is 3. The van der Waals surface area contributed by atoms with Crippen molar-refractivity contribution in [3.8, 4) is 0 Å². The highest BCUT2D eigenvalue weighted by Gasteiger charge is 2.32. The van der Waals surface area contributed by atoms with Crippen molar-refractivity contribution in [2.24, 2.45) is 17.8 Å². The van der Waals surface area contributed by atoms with Gasteiger partial charge >= 0.3 is 5.97 Å². The van der Waals surface area contributed by atoms with Crippen LogP contribution in [0.25, 0.3) is 0 Å². The fraction of sp³-hybridized carbons (Fsp3) is 0.818. The molecule has 0 aliphatic carbocycles. The third kappa shape index (κ3) is 2.95. The first-order chi connectivity index (χ1) is 7.43. The number of rotatable bonds is 4. The fourth-order valence-electron chi connectivity index (χ4n) is 1.93. The monoisotopic (exact) mass is 228 g/mol. The van der Waals surface area contributed by atoms with Crippen molar-refractivity contribution in [2.75, 3.05) is 13.1 Å². The minimum absolute atomic E-state index is 0.105. The van der Waals surface area contributed by atoms with Gasteiger partial charge in [0, 0.05) is 6.54 Å². The SMILES string of the molecule is CC(C)[C@@H](NC(=O)[C@@H]1CNC[C@H]1C)C(=O)O. The molecule has 0 aromatic carbocycles. The Morgan fingerprint density at radius 1 is 1.38 bits per heavy atom. The van der Waals surface area contributed by atoms with Crippen LogP contribution in [-0.4, -0.2) is 36.1 Å². The van der Waals surface area contributed by atoms with Crippen LogP contribution in [0.5, 0.6) is 0 Å². The summed E-state index contributed by atoms with van der Waals surface area (Å²) in [6, 6.07) is -0.791. The Balaban J connectivity index is 2.58. The highest BCUT2D eigenvalue weighted by Crippen LogP contribution is 2.16. The van der Waals surface area contributed by atoms with Gasteiger partial charge in [-0.15, -0.1) is 0 Å². The molecule has 0 spiro atoms. The number of carboxylic acid groups (broad SMARTS) is 1. The number of aliphatic carboxylic acids is 1. The summed E-state index contributed by atoms with van der Waals surface area (Å²) in [5, 5.41) is 14.7. The predicted molar refractivity (Wildman–Crippen MR) is 59.9 cm³/mol. The zero-order valence-electron chi connectivity index (χ0n) is 9.99. The molecule has 5 nitrogen and oxygen atoms in total. The Morgan fingerprint density at radius 2 is 2.00 bits per heavy atom. The molecule has 0 bridgehead atoms. The van der Waals surface area contributed by atoms with E-state index in [0.717, 1.165) is 6.54 Å². The van der Waals surface area contributed by atoms with Crippen LogP contribution >= 0.6 is 0 Å². The second kappa shape index (κ2) is 5.30. The van der Waals surface area contributed by atoms with Crippen LogP contribution in [0, 0.1) is 17.8 Å². The molecule has 92 valence electrons. The van der Waals surface area contributed by atoms with Crippen molar-refractivity contribution in [3.05, 3.63) is 0 Å². The van der Waals surface area contributed by atoms with Crippen LogP contribution < -0.4 is 10.6 Å². The van der Waals surface area contributed by atoms with Gasteiger partial charge in [0.15, 0.2) is 0 Å². The zero-order chi connectivity index (χ0) is 12.3. The minimum atomic E-state index is -0.970. The molecule has 1 saturated heterocycles. The van der Waals surface area contributed by atoms with E-state index in [1.165, 1.54) is 0 Å². The molecule has 1 rings (SSSR count). The van der Waals surface area contributed by atoms with Gasteiger partial charge in [0.05, 0.1) is 5.92 Å².